The van der Waals surface area contributed by atoms with Gasteiger partial charge in [0.15, 0.2) is 0 Å². The number of nitriles is 1. The van der Waals surface area contributed by atoms with Gasteiger partial charge in [-0.25, -0.2) is 0 Å². The number of nitrogens with zero attached hydrogens (tertiary/aromatic N) is 1. The number of amides is 1. The molecule has 0 aliphatic carbocycles. The molecule has 0 aliphatic heterocycles. The fourth-order valence-corrected chi connectivity index (χ4v) is 3.40. The number of anilines is 1. The van der Waals surface area contributed by atoms with Crippen LogP contribution in [0.15, 0.2) is 84.6 Å². The predicted molar refractivity (Wildman–Crippen MR) is 123 cm³/mol. The van der Waals surface area contributed by atoms with Crippen molar-refractivity contribution in [2.75, 3.05) is 5.32 Å². The highest BCUT2D eigenvalue weighted by Crippen LogP contribution is 2.35. The maximum Gasteiger partial charge on any atom is 0.418 e. The molecule has 0 saturated heterocycles. The summed E-state index contributed by atoms with van der Waals surface area (Å²) in [6.07, 6.45) is -1.71. The first-order valence-corrected chi connectivity index (χ1v) is 10.2. The second-order valence-corrected chi connectivity index (χ2v) is 7.39. The van der Waals surface area contributed by atoms with Crippen molar-refractivity contribution in [2.24, 2.45) is 0 Å². The number of carbonyl (C=O) groups excluding carboxylic acids is 1. The summed E-state index contributed by atoms with van der Waals surface area (Å²) < 4.78 is 45.5. The van der Waals surface area contributed by atoms with Crippen molar-refractivity contribution < 1.29 is 22.7 Å². The lowest BCUT2D eigenvalue weighted by Gasteiger charge is -2.13. The van der Waals surface area contributed by atoms with Gasteiger partial charge in [0, 0.05) is 22.7 Å². The smallest absolute Gasteiger partial charge is 0.418 e. The third-order valence-corrected chi connectivity index (χ3v) is 5.08. The molecule has 170 valence electrons. The fraction of sp³-hybridized carbons (Fsp3) is 0.0769. The number of hydrogen-bond acceptors (Lipinski definition) is 3. The number of ether oxygens (including phenoxy) is 1. The van der Waals surface area contributed by atoms with Crippen LogP contribution in [0.3, 0.4) is 0 Å². The van der Waals surface area contributed by atoms with E-state index in [1.165, 1.54) is 18.2 Å². The summed E-state index contributed by atoms with van der Waals surface area (Å²) >= 11 is 0. The van der Waals surface area contributed by atoms with E-state index >= 15 is 0 Å². The molecule has 4 aromatic rings. The highest BCUT2D eigenvalue weighted by atomic mass is 19.4. The van der Waals surface area contributed by atoms with Gasteiger partial charge in [-0.2, -0.15) is 18.4 Å². The van der Waals surface area contributed by atoms with E-state index in [-0.39, 0.29) is 5.57 Å². The van der Waals surface area contributed by atoms with Crippen LogP contribution < -0.4 is 10.1 Å². The SMILES string of the molecule is N#CC(=Cc1c[nH]c2ccc(OCc3ccccc3)cc12)C(=O)Nc1ccccc1C(F)(F)F. The number of aromatic amines is 1. The molecule has 3 aromatic carbocycles. The van der Waals surface area contributed by atoms with Crippen molar-refractivity contribution in [3.63, 3.8) is 0 Å². The molecule has 5 nitrogen and oxygen atoms in total. The van der Waals surface area contributed by atoms with Gasteiger partial charge >= 0.3 is 6.18 Å². The molecule has 0 unspecified atom stereocenters. The number of alkyl halides is 3. The highest BCUT2D eigenvalue weighted by Gasteiger charge is 2.33. The van der Waals surface area contributed by atoms with Crippen molar-refractivity contribution in [1.29, 1.82) is 5.26 Å². The zero-order chi connectivity index (χ0) is 24.1. The number of halogens is 3. The Kier molecular flexibility index (Phi) is 6.37. The number of nitrogens with one attached hydrogen (secondary N) is 2. The van der Waals surface area contributed by atoms with Crippen LogP contribution in [-0.2, 0) is 17.6 Å². The summed E-state index contributed by atoms with van der Waals surface area (Å²) in [5.74, 6) is -0.349. The molecule has 4 rings (SSSR count). The monoisotopic (exact) mass is 461 g/mol. The van der Waals surface area contributed by atoms with E-state index in [2.05, 4.69) is 10.3 Å². The van der Waals surface area contributed by atoms with E-state index in [0.717, 1.165) is 23.2 Å². The predicted octanol–water partition coefficient (Wildman–Crippen LogP) is 6.31. The third kappa shape index (κ3) is 5.10. The topological polar surface area (TPSA) is 77.9 Å². The second-order valence-electron chi connectivity index (χ2n) is 7.39. The van der Waals surface area contributed by atoms with Gasteiger partial charge in [0.1, 0.15) is 24.0 Å². The molecule has 0 aliphatic rings. The summed E-state index contributed by atoms with van der Waals surface area (Å²) in [5.41, 5.74) is 0.520. The van der Waals surface area contributed by atoms with Gasteiger partial charge < -0.3 is 15.0 Å². The van der Waals surface area contributed by atoms with Crippen LogP contribution in [0.5, 0.6) is 5.75 Å². The highest BCUT2D eigenvalue weighted by molar-refractivity contribution is 6.11. The Morgan fingerprint density at radius 2 is 1.79 bits per heavy atom. The van der Waals surface area contributed by atoms with Crippen LogP contribution in [0, 0.1) is 11.3 Å². The van der Waals surface area contributed by atoms with Gasteiger partial charge in [0.2, 0.25) is 0 Å². The summed E-state index contributed by atoms with van der Waals surface area (Å²) in [6, 6.07) is 21.4. The number of hydrogen-bond donors (Lipinski definition) is 2. The number of H-pyrrole nitrogens is 1. The summed E-state index contributed by atoms with van der Waals surface area (Å²) in [6.45, 7) is 0.367. The number of para-hydroxylation sites is 1. The average molecular weight is 461 g/mol. The fourth-order valence-electron chi connectivity index (χ4n) is 3.40. The Morgan fingerprint density at radius 3 is 2.53 bits per heavy atom. The van der Waals surface area contributed by atoms with Crippen LogP contribution in [-0.4, -0.2) is 10.9 Å². The van der Waals surface area contributed by atoms with Crippen molar-refractivity contribution in [3.05, 3.63) is 101 Å². The number of fused-ring (bicyclic) bond motifs is 1. The lowest BCUT2D eigenvalue weighted by molar-refractivity contribution is -0.137. The van der Waals surface area contributed by atoms with E-state index in [9.17, 15) is 23.2 Å². The minimum Gasteiger partial charge on any atom is -0.489 e. The molecule has 0 fully saturated rings. The molecule has 34 heavy (non-hydrogen) atoms. The molecule has 0 spiro atoms. The normalized spacial score (nSPS) is 11.8. The number of benzene rings is 3. The zero-order valence-electron chi connectivity index (χ0n) is 17.7. The quantitative estimate of drug-likeness (QED) is 0.261. The molecule has 2 N–H and O–H groups in total. The molecule has 1 aromatic heterocycles. The van der Waals surface area contributed by atoms with E-state index in [1.54, 1.807) is 30.5 Å². The molecule has 0 atom stereocenters. The average Bonchev–Trinajstić information content (AvgIpc) is 3.23. The number of aromatic nitrogens is 1. The molecular formula is C26H18F3N3O2. The summed E-state index contributed by atoms with van der Waals surface area (Å²) in [5, 5.41) is 12.4. The molecular weight excluding hydrogens is 443 g/mol. The maximum atomic E-state index is 13.2. The van der Waals surface area contributed by atoms with Crippen molar-refractivity contribution >= 4 is 28.6 Å². The maximum absolute atomic E-state index is 13.2. The van der Waals surface area contributed by atoms with E-state index < -0.39 is 23.3 Å². The molecule has 0 radical (unpaired) electrons. The van der Waals surface area contributed by atoms with Gasteiger partial charge in [-0.05, 0) is 42.0 Å². The van der Waals surface area contributed by atoms with Crippen molar-refractivity contribution in [1.82, 2.24) is 4.98 Å². The lowest BCUT2D eigenvalue weighted by Crippen LogP contribution is -2.17. The van der Waals surface area contributed by atoms with Gasteiger partial charge in [0.25, 0.3) is 5.91 Å². The van der Waals surface area contributed by atoms with Gasteiger partial charge in [0.05, 0.1) is 11.3 Å². The van der Waals surface area contributed by atoms with E-state index in [0.29, 0.717) is 23.3 Å². The molecule has 1 amide bonds. The molecule has 0 saturated carbocycles. The van der Waals surface area contributed by atoms with E-state index in [1.807, 2.05) is 30.3 Å². The van der Waals surface area contributed by atoms with Crippen molar-refractivity contribution in [3.8, 4) is 11.8 Å². The molecule has 8 heteroatoms. The lowest BCUT2D eigenvalue weighted by atomic mass is 10.1. The van der Waals surface area contributed by atoms with Crippen LogP contribution in [0.25, 0.3) is 17.0 Å². The minimum atomic E-state index is -4.65. The first-order chi connectivity index (χ1) is 16.3. The first-order valence-electron chi connectivity index (χ1n) is 10.2. The zero-order valence-corrected chi connectivity index (χ0v) is 17.7. The van der Waals surface area contributed by atoms with Crippen LogP contribution in [0.4, 0.5) is 18.9 Å². The van der Waals surface area contributed by atoms with Crippen LogP contribution >= 0.6 is 0 Å². The largest absolute Gasteiger partial charge is 0.489 e. The Morgan fingerprint density at radius 1 is 1.06 bits per heavy atom. The Hall–Kier alpha value is -4.51. The molecule has 0 bridgehead atoms. The van der Waals surface area contributed by atoms with Crippen LogP contribution in [0.2, 0.25) is 0 Å². The van der Waals surface area contributed by atoms with Gasteiger partial charge in [-0.3, -0.25) is 4.79 Å². The van der Waals surface area contributed by atoms with E-state index in [4.69, 9.17) is 4.74 Å². The Balaban J connectivity index is 1.58. The number of carbonyl (C=O) groups is 1. The van der Waals surface area contributed by atoms with Gasteiger partial charge in [-0.15, -0.1) is 0 Å². The summed E-state index contributed by atoms with van der Waals surface area (Å²) in [7, 11) is 0. The Labute approximate surface area is 193 Å². The third-order valence-electron chi connectivity index (χ3n) is 5.08. The van der Waals surface area contributed by atoms with Crippen molar-refractivity contribution in [2.45, 2.75) is 12.8 Å². The minimum absolute atomic E-state index is 0.339. The number of rotatable bonds is 6. The first kappa shape index (κ1) is 22.7. The standard InChI is InChI=1S/C26H18F3N3O2/c27-26(28,29)22-8-4-5-9-24(22)32-25(33)18(14-30)12-19-15-31-23-11-10-20(13-21(19)23)34-16-17-6-2-1-3-7-17/h1-13,15,31H,16H2,(H,32,33). The second kappa shape index (κ2) is 9.55. The van der Waals surface area contributed by atoms with Crippen LogP contribution in [0.1, 0.15) is 16.7 Å². The Bertz CT molecular complexity index is 1400. The van der Waals surface area contributed by atoms with Gasteiger partial charge in [-0.1, -0.05) is 42.5 Å². The summed E-state index contributed by atoms with van der Waals surface area (Å²) in [4.78, 5) is 15.7. The molecule has 1 heterocycles.